The van der Waals surface area contributed by atoms with Gasteiger partial charge in [-0.3, -0.25) is 0 Å². The van der Waals surface area contributed by atoms with Crippen molar-refractivity contribution in [2.45, 2.75) is 0 Å². The molecular formula is C48H32N2S. The van der Waals surface area contributed by atoms with E-state index in [2.05, 4.69) is 204 Å². The molecule has 0 fully saturated rings. The van der Waals surface area contributed by atoms with E-state index in [-0.39, 0.29) is 0 Å². The zero-order valence-electron chi connectivity index (χ0n) is 27.8. The highest BCUT2D eigenvalue weighted by atomic mass is 32.1. The minimum Gasteiger partial charge on any atom is -0.309 e. The monoisotopic (exact) mass is 668 g/mol. The highest BCUT2D eigenvalue weighted by Gasteiger charge is 2.22. The molecule has 0 aliphatic rings. The number of para-hydroxylation sites is 2. The van der Waals surface area contributed by atoms with Gasteiger partial charge in [-0.1, -0.05) is 146 Å². The second kappa shape index (κ2) is 12.2. The van der Waals surface area contributed by atoms with Crippen molar-refractivity contribution in [3.8, 4) is 27.9 Å². The molecule has 0 saturated carbocycles. The van der Waals surface area contributed by atoms with Crippen molar-refractivity contribution in [3.63, 3.8) is 0 Å². The van der Waals surface area contributed by atoms with Crippen molar-refractivity contribution < 1.29 is 0 Å². The summed E-state index contributed by atoms with van der Waals surface area (Å²) in [6.45, 7) is 0. The molecule has 10 aromatic rings. The Hall–Kier alpha value is -6.42. The van der Waals surface area contributed by atoms with Crippen LogP contribution in [0.4, 0.5) is 17.1 Å². The van der Waals surface area contributed by atoms with Crippen molar-refractivity contribution >= 4 is 70.4 Å². The lowest BCUT2D eigenvalue weighted by molar-refractivity contribution is 1.18. The van der Waals surface area contributed by atoms with Crippen LogP contribution in [-0.2, 0) is 0 Å². The highest BCUT2D eigenvalue weighted by molar-refractivity contribution is 7.26. The Balaban J connectivity index is 1.24. The Labute approximate surface area is 300 Å². The van der Waals surface area contributed by atoms with Crippen molar-refractivity contribution in [2.75, 3.05) is 4.90 Å². The molecule has 2 heterocycles. The molecule has 0 radical (unpaired) electrons. The first-order valence-corrected chi connectivity index (χ1v) is 18.2. The molecule has 10 rings (SSSR count). The van der Waals surface area contributed by atoms with Gasteiger partial charge >= 0.3 is 0 Å². The van der Waals surface area contributed by atoms with Crippen LogP contribution >= 0.6 is 11.3 Å². The third kappa shape index (κ3) is 4.93. The molecule has 0 spiro atoms. The topological polar surface area (TPSA) is 8.17 Å². The maximum absolute atomic E-state index is 2.47. The van der Waals surface area contributed by atoms with E-state index in [9.17, 15) is 0 Å². The fraction of sp³-hybridized carbons (Fsp3) is 0. The number of rotatable bonds is 6. The number of nitrogens with zero attached hydrogens (tertiary/aromatic N) is 2. The molecule has 0 atom stereocenters. The van der Waals surface area contributed by atoms with Gasteiger partial charge in [0.1, 0.15) is 0 Å². The van der Waals surface area contributed by atoms with Gasteiger partial charge < -0.3 is 9.47 Å². The second-order valence-electron chi connectivity index (χ2n) is 12.9. The Kier molecular flexibility index (Phi) is 7.04. The van der Waals surface area contributed by atoms with Crippen molar-refractivity contribution in [1.82, 2.24) is 4.57 Å². The van der Waals surface area contributed by atoms with Gasteiger partial charge in [0.2, 0.25) is 0 Å². The van der Waals surface area contributed by atoms with Gasteiger partial charge in [0.25, 0.3) is 0 Å². The van der Waals surface area contributed by atoms with Crippen LogP contribution in [0, 0.1) is 0 Å². The standard InChI is InChI=1S/C48H32N2S/c1-3-14-33(15-4-1)34-26-28-36(29-27-34)49-44-23-11-8-19-39(44)40-31-30-37(32-46(40)49)50(43-22-10-7-18-38(43)35-16-5-2-6-17-35)45-24-13-21-42-41-20-9-12-25-47(41)51-48(42)45/h1-32H. The van der Waals surface area contributed by atoms with Gasteiger partial charge in [0, 0.05) is 43.2 Å². The van der Waals surface area contributed by atoms with Gasteiger partial charge in [0.15, 0.2) is 0 Å². The second-order valence-corrected chi connectivity index (χ2v) is 14.0. The van der Waals surface area contributed by atoms with Crippen LogP contribution < -0.4 is 4.90 Å². The first-order chi connectivity index (χ1) is 25.3. The SMILES string of the molecule is c1ccc(-c2ccc(-n3c4ccccc4c4ccc(N(c5ccccc5-c5ccccc5)c5cccc6c5sc5ccccc56)cc43)cc2)cc1. The maximum Gasteiger partial charge on any atom is 0.0640 e. The summed E-state index contributed by atoms with van der Waals surface area (Å²) in [5.74, 6) is 0. The van der Waals surface area contributed by atoms with Crippen LogP contribution in [0.1, 0.15) is 0 Å². The van der Waals surface area contributed by atoms with Gasteiger partial charge in [-0.15, -0.1) is 11.3 Å². The molecule has 0 bridgehead atoms. The van der Waals surface area contributed by atoms with Crippen LogP contribution in [-0.4, -0.2) is 4.57 Å². The number of fused-ring (bicyclic) bond motifs is 6. The third-order valence-electron chi connectivity index (χ3n) is 10.0. The van der Waals surface area contributed by atoms with Gasteiger partial charge in [-0.2, -0.15) is 0 Å². The van der Waals surface area contributed by atoms with Crippen molar-refractivity contribution in [2.24, 2.45) is 0 Å². The number of thiophene rings is 1. The van der Waals surface area contributed by atoms with E-state index >= 15 is 0 Å². The van der Waals surface area contributed by atoms with Crippen LogP contribution in [0.25, 0.3) is 69.9 Å². The molecule has 0 aliphatic heterocycles. The zero-order chi connectivity index (χ0) is 33.7. The largest absolute Gasteiger partial charge is 0.309 e. The zero-order valence-corrected chi connectivity index (χ0v) is 28.6. The van der Waals surface area contributed by atoms with Crippen LogP contribution in [0.3, 0.4) is 0 Å². The molecule has 0 saturated heterocycles. The quantitative estimate of drug-likeness (QED) is 0.171. The number of hydrogen-bond acceptors (Lipinski definition) is 2. The summed E-state index contributed by atoms with van der Waals surface area (Å²) >= 11 is 1.87. The van der Waals surface area contributed by atoms with E-state index in [1.807, 2.05) is 11.3 Å². The Morgan fingerprint density at radius 3 is 1.82 bits per heavy atom. The minimum absolute atomic E-state index is 1.11. The van der Waals surface area contributed by atoms with E-state index in [0.29, 0.717) is 0 Å². The maximum atomic E-state index is 2.47. The normalized spacial score (nSPS) is 11.5. The summed E-state index contributed by atoms with van der Waals surface area (Å²) in [4.78, 5) is 2.47. The van der Waals surface area contributed by atoms with Gasteiger partial charge in [-0.05, 0) is 65.2 Å². The van der Waals surface area contributed by atoms with Crippen LogP contribution in [0.15, 0.2) is 194 Å². The van der Waals surface area contributed by atoms with Crippen LogP contribution in [0.5, 0.6) is 0 Å². The van der Waals surface area contributed by atoms with Gasteiger partial charge in [0.05, 0.1) is 27.1 Å². The lowest BCUT2D eigenvalue weighted by Gasteiger charge is -2.28. The third-order valence-corrected chi connectivity index (χ3v) is 11.2. The van der Waals surface area contributed by atoms with Crippen molar-refractivity contribution in [3.05, 3.63) is 194 Å². The molecule has 3 heteroatoms. The number of hydrogen-bond donors (Lipinski definition) is 0. The lowest BCUT2D eigenvalue weighted by atomic mass is 10.0. The molecule has 0 amide bonds. The van der Waals surface area contributed by atoms with Gasteiger partial charge in [-0.25, -0.2) is 0 Å². The van der Waals surface area contributed by atoms with E-state index in [0.717, 1.165) is 17.1 Å². The summed E-state index contributed by atoms with van der Waals surface area (Å²) in [7, 11) is 0. The molecule has 0 aliphatic carbocycles. The summed E-state index contributed by atoms with van der Waals surface area (Å²) < 4.78 is 4.99. The van der Waals surface area contributed by atoms with E-state index in [4.69, 9.17) is 0 Å². The summed E-state index contributed by atoms with van der Waals surface area (Å²) in [5.41, 5.74) is 11.7. The van der Waals surface area contributed by atoms with E-state index in [1.54, 1.807) is 0 Å². The lowest BCUT2D eigenvalue weighted by Crippen LogP contribution is -2.11. The Bertz CT molecular complexity index is 2850. The molecular weight excluding hydrogens is 637 g/mol. The molecule has 0 N–H and O–H groups in total. The van der Waals surface area contributed by atoms with E-state index < -0.39 is 0 Å². The molecule has 51 heavy (non-hydrogen) atoms. The Morgan fingerprint density at radius 2 is 1.00 bits per heavy atom. The minimum atomic E-state index is 1.11. The van der Waals surface area contributed by atoms with E-state index in [1.165, 1.54) is 69.9 Å². The number of aromatic nitrogens is 1. The summed E-state index contributed by atoms with van der Waals surface area (Å²) in [6, 6.07) is 70.4. The molecule has 2 nitrogen and oxygen atoms in total. The predicted molar refractivity (Wildman–Crippen MR) is 219 cm³/mol. The molecule has 0 unspecified atom stereocenters. The molecule has 8 aromatic carbocycles. The first kappa shape index (κ1) is 29.5. The van der Waals surface area contributed by atoms with Crippen molar-refractivity contribution in [1.29, 1.82) is 0 Å². The average Bonchev–Trinajstić information content (AvgIpc) is 3.75. The Morgan fingerprint density at radius 1 is 0.392 bits per heavy atom. The number of benzene rings is 8. The average molecular weight is 669 g/mol. The highest BCUT2D eigenvalue weighted by Crippen LogP contribution is 2.48. The molecule has 2 aromatic heterocycles. The fourth-order valence-corrected chi connectivity index (χ4v) is 8.86. The summed E-state index contributed by atoms with van der Waals surface area (Å²) in [6.07, 6.45) is 0. The van der Waals surface area contributed by atoms with Crippen LogP contribution in [0.2, 0.25) is 0 Å². The molecule has 240 valence electrons. The number of anilines is 3. The summed E-state index contributed by atoms with van der Waals surface area (Å²) in [5, 5.41) is 5.06. The first-order valence-electron chi connectivity index (χ1n) is 17.4. The smallest absolute Gasteiger partial charge is 0.0640 e. The predicted octanol–water partition coefficient (Wildman–Crippen LogP) is 14.0. The fourth-order valence-electron chi connectivity index (χ4n) is 7.66.